The molecule has 1 atom stereocenters. The van der Waals surface area contributed by atoms with Crippen LogP contribution in [0.1, 0.15) is 12.5 Å². The van der Waals surface area contributed by atoms with Gasteiger partial charge in [-0.15, -0.1) is 0 Å². The summed E-state index contributed by atoms with van der Waals surface area (Å²) in [4.78, 5) is 34.0. The maximum absolute atomic E-state index is 12.0. The van der Waals surface area contributed by atoms with E-state index in [0.717, 1.165) is 10.0 Å². The molecule has 0 aliphatic heterocycles. The first kappa shape index (κ1) is 22.6. The largest absolute Gasteiger partial charge is 0.482 e. The summed E-state index contributed by atoms with van der Waals surface area (Å²) in [6.45, 7) is 3.00. The van der Waals surface area contributed by atoms with E-state index in [-0.39, 0.29) is 18.0 Å². The Labute approximate surface area is 183 Å². The van der Waals surface area contributed by atoms with Gasteiger partial charge in [-0.2, -0.15) is 0 Å². The van der Waals surface area contributed by atoms with E-state index < -0.39 is 22.8 Å². The van der Waals surface area contributed by atoms with Crippen LogP contribution >= 0.6 is 31.9 Å². The Hall–Kier alpha value is -2.66. The fourth-order valence-electron chi connectivity index (χ4n) is 2.18. The molecule has 9 nitrogen and oxygen atoms in total. The molecule has 0 aliphatic carbocycles. The number of nitro benzene ring substituents is 1. The Morgan fingerprint density at radius 1 is 1.17 bits per heavy atom. The summed E-state index contributed by atoms with van der Waals surface area (Å²) < 4.78 is 12.4. The number of hydrogen-bond acceptors (Lipinski definition) is 6. The molecule has 29 heavy (non-hydrogen) atoms. The van der Waals surface area contributed by atoms with Crippen molar-refractivity contribution in [3.8, 4) is 11.5 Å². The van der Waals surface area contributed by atoms with Crippen LogP contribution in [0.25, 0.3) is 0 Å². The third kappa shape index (κ3) is 6.71. The van der Waals surface area contributed by atoms with Crippen molar-refractivity contribution >= 4 is 49.4 Å². The number of non-ortho nitro benzene ring substituents is 1. The van der Waals surface area contributed by atoms with Gasteiger partial charge in [0.05, 0.1) is 9.40 Å². The quantitative estimate of drug-likeness (QED) is 0.418. The Bertz CT molecular complexity index is 897. The van der Waals surface area contributed by atoms with Gasteiger partial charge in [0.15, 0.2) is 12.7 Å². The fourth-order valence-corrected chi connectivity index (χ4v) is 3.74. The number of hydrazine groups is 1. The number of nitrogens with one attached hydrogen (secondary N) is 2. The van der Waals surface area contributed by atoms with Gasteiger partial charge in [-0.1, -0.05) is 15.9 Å². The maximum atomic E-state index is 12.0. The minimum atomic E-state index is -0.944. The number of hydrogen-bond donors (Lipinski definition) is 2. The van der Waals surface area contributed by atoms with E-state index in [0.29, 0.717) is 10.2 Å². The zero-order valence-corrected chi connectivity index (χ0v) is 18.6. The van der Waals surface area contributed by atoms with Crippen LogP contribution in [0, 0.1) is 17.0 Å². The van der Waals surface area contributed by atoms with E-state index in [4.69, 9.17) is 9.47 Å². The third-order valence-corrected chi connectivity index (χ3v) is 4.64. The summed E-state index contributed by atoms with van der Waals surface area (Å²) >= 11 is 6.72. The van der Waals surface area contributed by atoms with Gasteiger partial charge in [-0.3, -0.25) is 30.6 Å². The normalized spacial score (nSPS) is 11.3. The summed E-state index contributed by atoms with van der Waals surface area (Å²) in [5, 5.41) is 10.6. The molecule has 11 heteroatoms. The van der Waals surface area contributed by atoms with Crippen molar-refractivity contribution in [2.45, 2.75) is 20.0 Å². The van der Waals surface area contributed by atoms with E-state index in [9.17, 15) is 19.7 Å². The van der Waals surface area contributed by atoms with Gasteiger partial charge < -0.3 is 9.47 Å². The van der Waals surface area contributed by atoms with E-state index in [1.807, 2.05) is 13.0 Å². The highest BCUT2D eigenvalue weighted by atomic mass is 79.9. The van der Waals surface area contributed by atoms with Gasteiger partial charge in [0, 0.05) is 16.6 Å². The molecule has 0 radical (unpaired) electrons. The lowest BCUT2D eigenvalue weighted by atomic mass is 10.2. The smallest absolute Gasteiger partial charge is 0.279 e. The Balaban J connectivity index is 1.80. The number of carbonyl (C=O) groups excluding carboxylic acids is 2. The number of rotatable bonds is 7. The van der Waals surface area contributed by atoms with Crippen molar-refractivity contribution in [3.63, 3.8) is 0 Å². The highest BCUT2D eigenvalue weighted by Gasteiger charge is 2.17. The average molecular weight is 531 g/mol. The van der Waals surface area contributed by atoms with Crippen LogP contribution in [-0.2, 0) is 9.59 Å². The number of benzene rings is 2. The van der Waals surface area contributed by atoms with Gasteiger partial charge >= 0.3 is 0 Å². The predicted octanol–water partition coefficient (Wildman–Crippen LogP) is 3.42. The Kier molecular flexibility index (Phi) is 7.97. The van der Waals surface area contributed by atoms with E-state index in [2.05, 4.69) is 42.7 Å². The maximum Gasteiger partial charge on any atom is 0.279 e. The molecule has 2 N–H and O–H groups in total. The first-order chi connectivity index (χ1) is 13.7. The molecular formula is C18H17Br2N3O6. The second-order valence-corrected chi connectivity index (χ2v) is 7.64. The van der Waals surface area contributed by atoms with Crippen molar-refractivity contribution in [3.05, 3.63) is 61.0 Å². The lowest BCUT2D eigenvalue weighted by Crippen LogP contribution is -2.48. The minimum Gasteiger partial charge on any atom is -0.482 e. The highest BCUT2D eigenvalue weighted by Crippen LogP contribution is 2.32. The molecule has 0 saturated carbocycles. The lowest BCUT2D eigenvalue weighted by Gasteiger charge is -2.15. The molecule has 154 valence electrons. The monoisotopic (exact) mass is 529 g/mol. The van der Waals surface area contributed by atoms with E-state index in [1.165, 1.54) is 31.2 Å². The minimum absolute atomic E-state index is 0.0886. The Morgan fingerprint density at radius 2 is 1.83 bits per heavy atom. The summed E-state index contributed by atoms with van der Waals surface area (Å²) in [5.41, 5.74) is 5.21. The van der Waals surface area contributed by atoms with Crippen molar-refractivity contribution in [2.75, 3.05) is 6.61 Å². The van der Waals surface area contributed by atoms with Crippen LogP contribution in [-0.4, -0.2) is 29.4 Å². The molecular weight excluding hydrogens is 514 g/mol. The number of amides is 2. The number of ether oxygens (including phenoxy) is 2. The number of carbonyl (C=O) groups is 2. The first-order valence-electron chi connectivity index (χ1n) is 8.25. The predicted molar refractivity (Wildman–Crippen MR) is 112 cm³/mol. The zero-order valence-electron chi connectivity index (χ0n) is 15.4. The van der Waals surface area contributed by atoms with Crippen LogP contribution < -0.4 is 20.3 Å². The van der Waals surface area contributed by atoms with E-state index >= 15 is 0 Å². The molecule has 0 saturated heterocycles. The molecule has 0 bridgehead atoms. The number of nitrogens with zero attached hydrogens (tertiary/aromatic N) is 1. The third-order valence-electron chi connectivity index (χ3n) is 3.60. The molecule has 2 rings (SSSR count). The van der Waals surface area contributed by atoms with Crippen LogP contribution in [0.4, 0.5) is 5.69 Å². The van der Waals surface area contributed by atoms with Crippen molar-refractivity contribution in [1.82, 2.24) is 10.9 Å². The van der Waals surface area contributed by atoms with Crippen LogP contribution in [0.15, 0.2) is 45.3 Å². The molecule has 2 amide bonds. The molecule has 0 aliphatic rings. The number of aryl methyl sites for hydroxylation is 1. The highest BCUT2D eigenvalue weighted by molar-refractivity contribution is 9.11. The fraction of sp³-hybridized carbons (Fsp3) is 0.222. The molecule has 2 aromatic carbocycles. The summed E-state index contributed by atoms with van der Waals surface area (Å²) in [7, 11) is 0. The molecule has 0 aromatic heterocycles. The summed E-state index contributed by atoms with van der Waals surface area (Å²) in [5.74, 6) is -0.360. The van der Waals surface area contributed by atoms with Gasteiger partial charge in [-0.25, -0.2) is 0 Å². The van der Waals surface area contributed by atoms with Gasteiger partial charge in [-0.05, 0) is 59.6 Å². The lowest BCUT2D eigenvalue weighted by molar-refractivity contribution is -0.384. The van der Waals surface area contributed by atoms with Crippen LogP contribution in [0.2, 0.25) is 0 Å². The zero-order chi connectivity index (χ0) is 21.6. The van der Waals surface area contributed by atoms with Crippen molar-refractivity contribution in [2.24, 2.45) is 0 Å². The van der Waals surface area contributed by atoms with Crippen molar-refractivity contribution in [1.29, 1.82) is 0 Å². The van der Waals surface area contributed by atoms with E-state index in [1.54, 1.807) is 6.07 Å². The first-order valence-corrected chi connectivity index (χ1v) is 9.84. The Morgan fingerprint density at radius 3 is 2.41 bits per heavy atom. The van der Waals surface area contributed by atoms with Gasteiger partial charge in [0.2, 0.25) is 0 Å². The van der Waals surface area contributed by atoms with Crippen molar-refractivity contribution < 1.29 is 24.0 Å². The second-order valence-electron chi connectivity index (χ2n) is 5.87. The van der Waals surface area contributed by atoms with Crippen LogP contribution in [0.3, 0.4) is 0 Å². The van der Waals surface area contributed by atoms with Gasteiger partial charge in [0.1, 0.15) is 11.5 Å². The standard InChI is InChI=1S/C18H17Br2N3O6/c1-10-7-12(19)8-15(20)17(10)28-9-16(24)21-22-18(25)11(2)29-14-5-3-13(4-6-14)23(26)27/h3-8,11H,9H2,1-2H3,(H,21,24)(H,22,25). The van der Waals surface area contributed by atoms with Crippen LogP contribution in [0.5, 0.6) is 11.5 Å². The average Bonchev–Trinajstić information content (AvgIpc) is 2.65. The molecule has 1 unspecified atom stereocenters. The molecule has 0 heterocycles. The topological polar surface area (TPSA) is 120 Å². The SMILES string of the molecule is Cc1cc(Br)cc(Br)c1OCC(=O)NNC(=O)C(C)Oc1ccc([N+](=O)[O-])cc1. The van der Waals surface area contributed by atoms with Gasteiger partial charge in [0.25, 0.3) is 17.5 Å². The molecule has 0 fully saturated rings. The molecule has 0 spiro atoms. The summed E-state index contributed by atoms with van der Waals surface area (Å²) in [6, 6.07) is 8.93. The summed E-state index contributed by atoms with van der Waals surface area (Å²) in [6.07, 6.45) is -0.944. The molecule has 2 aromatic rings. The second kappa shape index (κ2) is 10.2. The number of nitro groups is 1. The number of halogens is 2.